The Morgan fingerprint density at radius 3 is 2.22 bits per heavy atom. The van der Waals surface area contributed by atoms with Crippen LogP contribution in [0.1, 0.15) is 52.5 Å². The van der Waals surface area contributed by atoms with Crippen LogP contribution in [-0.4, -0.2) is 99.6 Å². The molecule has 3 heterocycles. The number of rotatable bonds is 18. The number of likely N-dealkylation sites (tertiary alicyclic amines) is 1. The summed E-state index contributed by atoms with van der Waals surface area (Å²) in [7, 11) is 1.60. The number of nitrogens with zero attached hydrogens (tertiary/aromatic N) is 2. The zero-order valence-corrected chi connectivity index (χ0v) is 34.3. The molecule has 0 saturated carbocycles. The summed E-state index contributed by atoms with van der Waals surface area (Å²) in [5, 5.41) is 5.99. The van der Waals surface area contributed by atoms with Gasteiger partial charge in [0, 0.05) is 30.1 Å². The summed E-state index contributed by atoms with van der Waals surface area (Å²) >= 11 is 0. The fourth-order valence-corrected chi connectivity index (χ4v) is 7.32. The van der Waals surface area contributed by atoms with Gasteiger partial charge in [-0.15, -0.1) is 0 Å². The molecule has 308 valence electrons. The molecule has 2 aliphatic rings. The molecular weight excluding hydrogens is 737 g/mol. The molecule has 0 aliphatic carbocycles. The van der Waals surface area contributed by atoms with E-state index in [4.69, 9.17) is 28.7 Å². The number of amides is 3. The number of hydrogen-bond acceptors (Lipinski definition) is 9. The third-order valence-electron chi connectivity index (χ3n) is 10.4. The molecule has 1 saturated heterocycles. The predicted molar refractivity (Wildman–Crippen MR) is 224 cm³/mol. The van der Waals surface area contributed by atoms with E-state index in [1.165, 1.54) is 0 Å². The highest BCUT2D eigenvalue weighted by Gasteiger charge is 2.38. The van der Waals surface area contributed by atoms with Gasteiger partial charge in [-0.1, -0.05) is 75.4 Å². The highest BCUT2D eigenvalue weighted by molar-refractivity contribution is 6.02. The second-order valence-electron chi connectivity index (χ2n) is 15.7. The summed E-state index contributed by atoms with van der Waals surface area (Å²) in [6.07, 6.45) is 2.33. The van der Waals surface area contributed by atoms with E-state index in [2.05, 4.69) is 17.6 Å². The van der Waals surface area contributed by atoms with E-state index in [0.29, 0.717) is 51.1 Å². The van der Waals surface area contributed by atoms with Gasteiger partial charge in [0.25, 0.3) is 0 Å². The van der Waals surface area contributed by atoms with E-state index in [-0.39, 0.29) is 43.2 Å². The molecule has 2 unspecified atom stereocenters. The van der Waals surface area contributed by atoms with Gasteiger partial charge in [-0.3, -0.25) is 14.4 Å². The zero-order chi connectivity index (χ0) is 41.1. The van der Waals surface area contributed by atoms with Gasteiger partial charge in [0.1, 0.15) is 12.6 Å². The smallest absolute Gasteiger partial charge is 0.245 e. The minimum atomic E-state index is -0.578. The van der Waals surface area contributed by atoms with Crippen molar-refractivity contribution in [2.75, 3.05) is 65.2 Å². The summed E-state index contributed by atoms with van der Waals surface area (Å²) in [6.45, 7) is 11.1. The third kappa shape index (κ3) is 10.8. The first-order valence-corrected chi connectivity index (χ1v) is 20.2. The van der Waals surface area contributed by atoms with Crippen LogP contribution >= 0.6 is 0 Å². The molecule has 2 aliphatic heterocycles. The summed E-state index contributed by atoms with van der Waals surface area (Å²) < 4.78 is 28.8. The van der Waals surface area contributed by atoms with Crippen molar-refractivity contribution >= 4 is 23.4 Å². The van der Waals surface area contributed by atoms with Gasteiger partial charge in [-0.25, -0.2) is 4.98 Å². The highest BCUT2D eigenvalue weighted by atomic mass is 16.6. The van der Waals surface area contributed by atoms with Gasteiger partial charge < -0.3 is 39.2 Å². The van der Waals surface area contributed by atoms with Crippen LogP contribution in [0.2, 0.25) is 0 Å². The van der Waals surface area contributed by atoms with E-state index >= 15 is 0 Å². The fourth-order valence-electron chi connectivity index (χ4n) is 7.32. The molecule has 3 amide bonds. The Hall–Kier alpha value is -5.30. The molecule has 3 aromatic carbocycles. The lowest BCUT2D eigenvalue weighted by Crippen LogP contribution is -2.55. The Kier molecular flexibility index (Phi) is 14.5. The SMILES string of the molecule is COc1cc(-c2cc(-c3ccccc3)nc3c2CC(=O)Nc2ccccc2-3)ccc1OCCOCCOCCOCCC(=O)NC(C(=O)N1CCCC1C)C(C)(C)C. The van der Waals surface area contributed by atoms with Crippen LogP contribution in [0.3, 0.4) is 0 Å². The van der Waals surface area contributed by atoms with Gasteiger partial charge >= 0.3 is 0 Å². The second-order valence-corrected chi connectivity index (χ2v) is 15.7. The Morgan fingerprint density at radius 2 is 1.53 bits per heavy atom. The van der Waals surface area contributed by atoms with Crippen molar-refractivity contribution in [3.63, 3.8) is 0 Å². The van der Waals surface area contributed by atoms with Crippen LogP contribution in [0, 0.1) is 5.41 Å². The first-order chi connectivity index (χ1) is 28.0. The number of carbonyl (C=O) groups is 3. The molecule has 2 atom stereocenters. The molecule has 6 rings (SSSR count). The molecule has 58 heavy (non-hydrogen) atoms. The largest absolute Gasteiger partial charge is 0.493 e. The number of methoxy groups -OCH3 is 1. The van der Waals surface area contributed by atoms with Gasteiger partial charge in [0.15, 0.2) is 11.5 Å². The van der Waals surface area contributed by atoms with Crippen LogP contribution in [0.5, 0.6) is 11.5 Å². The molecule has 1 aromatic heterocycles. The molecule has 4 aromatic rings. The van der Waals surface area contributed by atoms with Gasteiger partial charge in [-0.2, -0.15) is 0 Å². The molecule has 1 fully saturated rings. The standard InChI is InChI=1S/C46H56N4O8/c1-31-12-11-20-50(31)45(53)44(46(2,3)4)49-41(51)19-21-55-22-23-56-24-25-57-26-27-58-39-18-17-33(28-40(39)54-5)35-29-38(32-13-7-6-8-14-32)48-43-34-15-9-10-16-37(34)47-42(52)30-36(35)43/h6-10,13-18,28-29,31,44H,11-12,19-27,30H2,1-5H3,(H,47,52)(H,49,51). The second kappa shape index (κ2) is 19.9. The van der Waals surface area contributed by atoms with E-state index < -0.39 is 11.5 Å². The van der Waals surface area contributed by atoms with E-state index in [1.807, 2.05) is 105 Å². The summed E-state index contributed by atoms with van der Waals surface area (Å²) in [4.78, 5) is 46.0. The van der Waals surface area contributed by atoms with Gasteiger partial charge in [0.05, 0.1) is 70.2 Å². The summed E-state index contributed by atoms with van der Waals surface area (Å²) in [5.41, 5.74) is 6.37. The van der Waals surface area contributed by atoms with E-state index in [0.717, 1.165) is 64.3 Å². The molecule has 0 radical (unpaired) electrons. The minimum Gasteiger partial charge on any atom is -0.493 e. The van der Waals surface area contributed by atoms with Crippen molar-refractivity contribution in [2.45, 2.75) is 65.5 Å². The number of aromatic nitrogens is 1. The van der Waals surface area contributed by atoms with Crippen LogP contribution in [-0.2, 0) is 35.0 Å². The Balaban J connectivity index is 0.941. The van der Waals surface area contributed by atoms with Crippen molar-refractivity contribution < 1.29 is 38.1 Å². The molecule has 0 spiro atoms. The number of benzene rings is 3. The maximum atomic E-state index is 13.2. The van der Waals surface area contributed by atoms with Crippen LogP contribution in [0.4, 0.5) is 5.69 Å². The average molecular weight is 793 g/mol. The summed E-state index contributed by atoms with van der Waals surface area (Å²) in [5.74, 6) is 0.818. The van der Waals surface area contributed by atoms with Gasteiger partial charge in [0.2, 0.25) is 17.7 Å². The maximum absolute atomic E-state index is 13.2. The Bertz CT molecular complexity index is 2030. The lowest BCUT2D eigenvalue weighted by atomic mass is 9.85. The maximum Gasteiger partial charge on any atom is 0.245 e. The molecule has 0 bridgehead atoms. The zero-order valence-electron chi connectivity index (χ0n) is 34.3. The monoisotopic (exact) mass is 792 g/mol. The molecule has 2 N–H and O–H groups in total. The van der Waals surface area contributed by atoms with Crippen LogP contribution in [0.15, 0.2) is 78.9 Å². The number of nitrogens with one attached hydrogen (secondary N) is 2. The highest BCUT2D eigenvalue weighted by Crippen LogP contribution is 2.41. The van der Waals surface area contributed by atoms with E-state index in [9.17, 15) is 14.4 Å². The van der Waals surface area contributed by atoms with Crippen molar-refractivity contribution in [2.24, 2.45) is 5.41 Å². The Morgan fingerprint density at radius 1 is 0.845 bits per heavy atom. The number of hydrogen-bond donors (Lipinski definition) is 2. The summed E-state index contributed by atoms with van der Waals surface area (Å²) in [6, 6.07) is 25.2. The van der Waals surface area contributed by atoms with Crippen LogP contribution in [0.25, 0.3) is 33.6 Å². The molecular formula is C46H56N4O8. The van der Waals surface area contributed by atoms with Crippen molar-refractivity contribution in [3.8, 4) is 45.1 Å². The number of anilines is 1. The predicted octanol–water partition coefficient (Wildman–Crippen LogP) is 6.95. The first kappa shape index (κ1) is 42.3. The number of ether oxygens (including phenoxy) is 5. The lowest BCUT2D eigenvalue weighted by molar-refractivity contribution is -0.140. The average Bonchev–Trinajstić information content (AvgIpc) is 3.59. The quantitative estimate of drug-likeness (QED) is 0.103. The minimum absolute atomic E-state index is 0.0127. The number of carbonyl (C=O) groups excluding carboxylic acids is 3. The normalized spacial score (nSPS) is 15.5. The van der Waals surface area contributed by atoms with E-state index in [1.54, 1.807) is 7.11 Å². The lowest BCUT2D eigenvalue weighted by Gasteiger charge is -2.35. The number of fused-ring (bicyclic) bond motifs is 3. The van der Waals surface area contributed by atoms with Crippen molar-refractivity contribution in [1.29, 1.82) is 0 Å². The fraction of sp³-hybridized carbons (Fsp3) is 0.435. The van der Waals surface area contributed by atoms with Crippen molar-refractivity contribution in [1.82, 2.24) is 15.2 Å². The van der Waals surface area contributed by atoms with Gasteiger partial charge in [-0.05, 0) is 66.1 Å². The first-order valence-electron chi connectivity index (χ1n) is 20.2. The number of pyridine rings is 1. The number of para-hydroxylation sites is 1. The molecule has 12 heteroatoms. The van der Waals surface area contributed by atoms with Crippen molar-refractivity contribution in [3.05, 3.63) is 84.4 Å². The molecule has 12 nitrogen and oxygen atoms in total. The Labute approximate surface area is 341 Å². The third-order valence-corrected chi connectivity index (χ3v) is 10.4. The van der Waals surface area contributed by atoms with Crippen LogP contribution < -0.4 is 20.1 Å². The topological polar surface area (TPSA) is 138 Å².